The van der Waals surface area contributed by atoms with Crippen molar-refractivity contribution in [1.29, 1.82) is 0 Å². The lowest BCUT2D eigenvalue weighted by Crippen LogP contribution is -2.70. The zero-order chi connectivity index (χ0) is 40.5. The Kier molecular flexibility index (Phi) is 14.0. The van der Waals surface area contributed by atoms with Gasteiger partial charge in [-0.05, 0) is 92.2 Å². The average Bonchev–Trinajstić information content (AvgIpc) is 4.10. The highest BCUT2D eigenvalue weighted by molar-refractivity contribution is 6.03. The summed E-state index contributed by atoms with van der Waals surface area (Å²) in [7, 11) is 0. The molecule has 1 aliphatic heterocycles. The van der Waals surface area contributed by atoms with Gasteiger partial charge in [-0.2, -0.15) is 0 Å². The maximum atomic E-state index is 14.7. The minimum Gasteiger partial charge on any atom is -0.489 e. The van der Waals surface area contributed by atoms with Crippen LogP contribution in [0.4, 0.5) is 4.39 Å². The number of allylic oxidation sites excluding steroid dienone is 1. The zero-order valence-electron chi connectivity index (χ0n) is 33.8. The molecule has 2 saturated carbocycles. The van der Waals surface area contributed by atoms with E-state index in [4.69, 9.17) is 24.2 Å². The van der Waals surface area contributed by atoms with Gasteiger partial charge in [-0.25, -0.2) is 4.39 Å². The van der Waals surface area contributed by atoms with E-state index in [9.17, 15) is 19.4 Å². The third kappa shape index (κ3) is 9.04. The molecule has 9 nitrogen and oxygen atoms in total. The average molecular weight is 795 g/mol. The Labute approximate surface area is 342 Å². The third-order valence-electron chi connectivity index (χ3n) is 12.3. The molecule has 3 aromatic rings. The quantitative estimate of drug-likeness (QED) is 0.0630. The van der Waals surface area contributed by atoms with Gasteiger partial charge in [-0.15, -0.1) is 6.58 Å². The van der Waals surface area contributed by atoms with Crippen molar-refractivity contribution >= 4 is 11.6 Å². The monoisotopic (exact) mass is 794 g/mol. The van der Waals surface area contributed by atoms with Gasteiger partial charge in [0.15, 0.2) is 0 Å². The van der Waals surface area contributed by atoms with E-state index in [2.05, 4.69) is 19.6 Å². The van der Waals surface area contributed by atoms with Crippen LogP contribution in [-0.4, -0.2) is 64.9 Å². The summed E-state index contributed by atoms with van der Waals surface area (Å²) in [5.41, 5.74) is 4.19. The fourth-order valence-corrected chi connectivity index (χ4v) is 9.50. The summed E-state index contributed by atoms with van der Waals surface area (Å²) in [6.07, 6.45) is 11.7. The number of aliphatic hydroxyl groups excluding tert-OH is 2. The summed E-state index contributed by atoms with van der Waals surface area (Å²) in [6.45, 7) is 7.44. The van der Waals surface area contributed by atoms with E-state index in [1.165, 1.54) is 6.07 Å². The molecule has 0 aromatic heterocycles. The summed E-state index contributed by atoms with van der Waals surface area (Å²) in [5.74, 6) is -0.669. The fraction of sp³-hybridized carbons (Fsp3) is 0.500. The van der Waals surface area contributed by atoms with Gasteiger partial charge < -0.3 is 34.2 Å². The molecule has 1 amide bonds. The lowest BCUT2D eigenvalue weighted by molar-refractivity contribution is -0.257. The number of fused-ring (bicyclic) bond motifs is 2. The van der Waals surface area contributed by atoms with Crippen LogP contribution >= 0.6 is 0 Å². The maximum absolute atomic E-state index is 14.7. The number of nitrogens with zero attached hydrogens (tertiary/aromatic N) is 2. The van der Waals surface area contributed by atoms with Gasteiger partial charge >= 0.3 is 0 Å². The molecule has 2 N–H and O–H groups in total. The Morgan fingerprint density at radius 3 is 2.48 bits per heavy atom. The number of halogens is 1. The first-order chi connectivity index (χ1) is 28.4. The van der Waals surface area contributed by atoms with Gasteiger partial charge in [0, 0.05) is 49.1 Å². The van der Waals surface area contributed by atoms with Crippen molar-refractivity contribution in [2.75, 3.05) is 26.4 Å². The van der Waals surface area contributed by atoms with Crippen LogP contribution < -0.4 is 9.47 Å². The van der Waals surface area contributed by atoms with E-state index >= 15 is 0 Å². The van der Waals surface area contributed by atoms with Crippen molar-refractivity contribution in [2.45, 2.75) is 102 Å². The number of unbranched alkanes of at least 4 members (excludes halogenated alkanes) is 2. The highest BCUT2D eigenvalue weighted by Gasteiger charge is 2.65. The predicted molar refractivity (Wildman–Crippen MR) is 222 cm³/mol. The number of hydrogen-bond donors (Lipinski definition) is 2. The summed E-state index contributed by atoms with van der Waals surface area (Å²) >= 11 is 0. The number of benzene rings is 3. The number of oxime groups is 1. The van der Waals surface area contributed by atoms with Crippen molar-refractivity contribution in [3.05, 3.63) is 120 Å². The molecule has 0 spiro atoms. The molecule has 6 unspecified atom stereocenters. The van der Waals surface area contributed by atoms with Crippen molar-refractivity contribution < 1.29 is 38.4 Å². The smallest absolute Gasteiger partial charge is 0.239 e. The second kappa shape index (κ2) is 19.5. The number of carbonyl (C=O) groups excluding carboxylic acids is 1. The SMILES string of the molecule is C=CCOC12Oc3ccc(OCc4ccccc4F)cc3C3C(CCCCO)C(CCCCO)C=C(C(=NOCc4ccccc4)CC1N(CCC)C(=O)C1CC1)C32. The van der Waals surface area contributed by atoms with Crippen molar-refractivity contribution in [3.8, 4) is 11.5 Å². The van der Waals surface area contributed by atoms with Gasteiger partial charge in [-0.3, -0.25) is 4.79 Å². The molecule has 6 atom stereocenters. The number of carbonyl (C=O) groups is 1. The van der Waals surface area contributed by atoms with Crippen molar-refractivity contribution in [1.82, 2.24) is 4.90 Å². The Bertz CT molecular complexity index is 1910. The number of amides is 1. The van der Waals surface area contributed by atoms with Gasteiger partial charge in [0.05, 0.1) is 18.2 Å². The molecule has 310 valence electrons. The number of aliphatic hydroxyl groups is 2. The van der Waals surface area contributed by atoms with Crippen LogP contribution in [0.5, 0.6) is 11.5 Å². The van der Waals surface area contributed by atoms with Crippen LogP contribution in [0.2, 0.25) is 0 Å². The summed E-state index contributed by atoms with van der Waals surface area (Å²) < 4.78 is 35.4. The van der Waals surface area contributed by atoms with E-state index in [1.54, 1.807) is 24.3 Å². The lowest BCUT2D eigenvalue weighted by atomic mass is 9.55. The number of ether oxygens (including phenoxy) is 3. The largest absolute Gasteiger partial charge is 0.489 e. The van der Waals surface area contributed by atoms with Crippen LogP contribution in [-0.2, 0) is 27.6 Å². The van der Waals surface area contributed by atoms with Crippen LogP contribution in [0, 0.1) is 29.5 Å². The standard InChI is InChI=1S/C48H59FN2O7/c1-3-24-51(47(54)34-20-21-34)44-30-42(50-57-31-33-14-6-5-7-15-33)39-28-35(16-10-12-25-52)38(18-11-13-26-53)45-40-29-37(55-32-36-17-8-9-19-41(36)49)22-23-43(40)58-48(44,46(39)45)56-27-4-2/h4-9,14-15,17,19,22-23,28-29,34-35,38,44-46,52-53H,2-3,10-13,16,18,20-21,24-27,30-32H2,1H3. The third-order valence-corrected chi connectivity index (χ3v) is 12.3. The van der Waals surface area contributed by atoms with E-state index < -0.39 is 17.7 Å². The minimum atomic E-state index is -1.29. The predicted octanol–water partition coefficient (Wildman–Crippen LogP) is 8.89. The number of hydrogen-bond acceptors (Lipinski definition) is 8. The molecular weight excluding hydrogens is 736 g/mol. The van der Waals surface area contributed by atoms with E-state index in [0.29, 0.717) is 49.5 Å². The highest BCUT2D eigenvalue weighted by atomic mass is 19.1. The molecule has 4 aliphatic rings. The molecule has 3 aliphatic carbocycles. The van der Waals surface area contributed by atoms with Crippen LogP contribution in [0.1, 0.15) is 93.7 Å². The molecule has 58 heavy (non-hydrogen) atoms. The molecule has 0 bridgehead atoms. The van der Waals surface area contributed by atoms with E-state index in [1.807, 2.05) is 53.4 Å². The molecule has 2 fully saturated rings. The lowest BCUT2D eigenvalue weighted by Gasteiger charge is -2.60. The summed E-state index contributed by atoms with van der Waals surface area (Å²) in [4.78, 5) is 22.6. The Balaban J connectivity index is 1.40. The maximum Gasteiger partial charge on any atom is 0.239 e. The highest BCUT2D eigenvalue weighted by Crippen LogP contribution is 2.62. The molecule has 0 saturated heterocycles. The molecule has 3 aromatic carbocycles. The van der Waals surface area contributed by atoms with Gasteiger partial charge in [0.1, 0.15) is 36.6 Å². The second-order valence-electron chi connectivity index (χ2n) is 16.2. The first kappa shape index (κ1) is 41.6. The molecule has 1 heterocycles. The fourth-order valence-electron chi connectivity index (χ4n) is 9.50. The summed E-state index contributed by atoms with van der Waals surface area (Å²) in [6, 6.07) is 21.9. The van der Waals surface area contributed by atoms with E-state index in [0.717, 1.165) is 67.4 Å². The molecule has 10 heteroatoms. The van der Waals surface area contributed by atoms with Crippen LogP contribution in [0.15, 0.2) is 102 Å². The summed E-state index contributed by atoms with van der Waals surface area (Å²) in [5, 5.41) is 24.7. The molecule has 0 radical (unpaired) electrons. The number of rotatable bonds is 21. The van der Waals surface area contributed by atoms with Crippen molar-refractivity contribution in [2.24, 2.45) is 28.8 Å². The van der Waals surface area contributed by atoms with E-state index in [-0.39, 0.29) is 61.8 Å². The van der Waals surface area contributed by atoms with Crippen LogP contribution in [0.3, 0.4) is 0 Å². The topological polar surface area (TPSA) is 110 Å². The Hall–Kier alpha value is -4.51. The molecular formula is C48H59FN2O7. The minimum absolute atomic E-state index is 0.0241. The zero-order valence-corrected chi connectivity index (χ0v) is 33.8. The van der Waals surface area contributed by atoms with Crippen molar-refractivity contribution in [3.63, 3.8) is 0 Å². The Morgan fingerprint density at radius 1 is 1.00 bits per heavy atom. The first-order valence-electron chi connectivity index (χ1n) is 21.3. The van der Waals surface area contributed by atoms with Crippen LogP contribution in [0.25, 0.3) is 0 Å². The normalized spacial score (nSPS) is 25.2. The second-order valence-corrected chi connectivity index (χ2v) is 16.2. The Morgan fingerprint density at radius 2 is 1.76 bits per heavy atom. The molecule has 7 rings (SSSR count). The van der Waals surface area contributed by atoms with Gasteiger partial charge in [-0.1, -0.05) is 85.6 Å². The van der Waals surface area contributed by atoms with Gasteiger partial charge in [0.25, 0.3) is 0 Å². The first-order valence-corrected chi connectivity index (χ1v) is 21.3. The van der Waals surface area contributed by atoms with Gasteiger partial charge in [0.2, 0.25) is 11.7 Å².